The Hall–Kier alpha value is -1.52. The van der Waals surface area contributed by atoms with Crippen molar-refractivity contribution in [1.29, 1.82) is 0 Å². The normalized spacial score (nSPS) is 12.7. The molecule has 0 spiro atoms. The molecule has 1 rings (SSSR count). The second kappa shape index (κ2) is 4.33. The molecular weight excluding hydrogens is 194 g/mol. The molecule has 0 aliphatic heterocycles. The number of nitrogens with two attached hydrogens (primary N) is 1. The van der Waals surface area contributed by atoms with Crippen LogP contribution in [-0.4, -0.2) is 9.13 Å². The summed E-state index contributed by atoms with van der Waals surface area (Å²) >= 11 is 0. The lowest BCUT2D eigenvalue weighted by molar-refractivity contribution is 0.439. The SMILES string of the molecule is CCC(C)Cn1c(=O)cc(N)n(C)c1=O. The first kappa shape index (κ1) is 11.6. The van der Waals surface area contributed by atoms with Gasteiger partial charge in [-0.05, 0) is 5.92 Å². The third kappa shape index (κ3) is 2.29. The quantitative estimate of drug-likeness (QED) is 0.775. The zero-order valence-corrected chi connectivity index (χ0v) is 9.36. The van der Waals surface area contributed by atoms with Gasteiger partial charge in [-0.15, -0.1) is 0 Å². The monoisotopic (exact) mass is 211 g/mol. The van der Waals surface area contributed by atoms with Gasteiger partial charge in [0.2, 0.25) is 0 Å². The van der Waals surface area contributed by atoms with Crippen LogP contribution in [0.1, 0.15) is 20.3 Å². The van der Waals surface area contributed by atoms with Crippen molar-refractivity contribution >= 4 is 5.82 Å². The van der Waals surface area contributed by atoms with Crippen LogP contribution in [0, 0.1) is 5.92 Å². The van der Waals surface area contributed by atoms with Gasteiger partial charge in [0, 0.05) is 19.7 Å². The zero-order chi connectivity index (χ0) is 11.6. The van der Waals surface area contributed by atoms with Crippen LogP contribution in [0.15, 0.2) is 15.7 Å². The molecule has 5 nitrogen and oxygen atoms in total. The Balaban J connectivity index is 3.25. The fraction of sp³-hybridized carbons (Fsp3) is 0.600. The molecule has 0 aromatic carbocycles. The van der Waals surface area contributed by atoms with Crippen LogP contribution in [-0.2, 0) is 13.6 Å². The molecule has 0 bridgehead atoms. The molecule has 1 aromatic heterocycles. The first-order chi connectivity index (χ1) is 6.97. The molecule has 2 N–H and O–H groups in total. The number of hydrogen-bond donors (Lipinski definition) is 1. The van der Waals surface area contributed by atoms with E-state index in [-0.39, 0.29) is 17.1 Å². The molecule has 1 aromatic rings. The maximum Gasteiger partial charge on any atom is 0.332 e. The highest BCUT2D eigenvalue weighted by Gasteiger charge is 2.08. The average molecular weight is 211 g/mol. The minimum atomic E-state index is -0.347. The van der Waals surface area contributed by atoms with E-state index in [2.05, 4.69) is 0 Å². The van der Waals surface area contributed by atoms with E-state index >= 15 is 0 Å². The average Bonchev–Trinajstić information content (AvgIpc) is 2.21. The Morgan fingerprint density at radius 1 is 1.47 bits per heavy atom. The highest BCUT2D eigenvalue weighted by Crippen LogP contribution is 2.01. The molecule has 0 saturated carbocycles. The van der Waals surface area contributed by atoms with Gasteiger partial charge in [-0.2, -0.15) is 0 Å². The van der Waals surface area contributed by atoms with Crippen molar-refractivity contribution in [3.05, 3.63) is 26.9 Å². The lowest BCUT2D eigenvalue weighted by Gasteiger charge is -2.12. The van der Waals surface area contributed by atoms with E-state index in [0.29, 0.717) is 12.5 Å². The van der Waals surface area contributed by atoms with Gasteiger partial charge in [0.15, 0.2) is 0 Å². The van der Waals surface area contributed by atoms with Crippen molar-refractivity contribution < 1.29 is 0 Å². The van der Waals surface area contributed by atoms with Crippen molar-refractivity contribution in [2.24, 2.45) is 13.0 Å². The van der Waals surface area contributed by atoms with Gasteiger partial charge in [0.25, 0.3) is 5.56 Å². The third-order valence-electron chi connectivity index (χ3n) is 2.63. The topological polar surface area (TPSA) is 70.0 Å². The van der Waals surface area contributed by atoms with Gasteiger partial charge in [0.05, 0.1) is 0 Å². The Bertz CT molecular complexity index is 459. The largest absolute Gasteiger partial charge is 0.385 e. The van der Waals surface area contributed by atoms with Crippen molar-refractivity contribution in [2.45, 2.75) is 26.8 Å². The summed E-state index contributed by atoms with van der Waals surface area (Å²) < 4.78 is 2.51. The summed E-state index contributed by atoms with van der Waals surface area (Å²) in [7, 11) is 1.56. The van der Waals surface area contributed by atoms with Crippen molar-refractivity contribution in [3.63, 3.8) is 0 Å². The van der Waals surface area contributed by atoms with E-state index in [1.54, 1.807) is 7.05 Å². The summed E-state index contributed by atoms with van der Waals surface area (Å²) in [5.41, 5.74) is 4.83. The molecule has 0 amide bonds. The summed E-state index contributed by atoms with van der Waals surface area (Å²) in [6.07, 6.45) is 0.931. The smallest absolute Gasteiger partial charge is 0.332 e. The Kier molecular flexibility index (Phi) is 3.34. The van der Waals surface area contributed by atoms with Crippen LogP contribution in [0.25, 0.3) is 0 Å². The number of anilines is 1. The molecule has 1 heterocycles. The van der Waals surface area contributed by atoms with Crippen molar-refractivity contribution in [3.8, 4) is 0 Å². The van der Waals surface area contributed by atoms with Gasteiger partial charge < -0.3 is 5.73 Å². The minimum Gasteiger partial charge on any atom is -0.385 e. The summed E-state index contributed by atoms with van der Waals surface area (Å²) in [5.74, 6) is 0.504. The number of nitrogen functional groups attached to an aromatic ring is 1. The van der Waals surface area contributed by atoms with E-state index < -0.39 is 0 Å². The van der Waals surface area contributed by atoms with E-state index in [0.717, 1.165) is 6.42 Å². The summed E-state index contributed by atoms with van der Waals surface area (Å²) in [6.45, 7) is 4.47. The highest BCUT2D eigenvalue weighted by atomic mass is 16.2. The molecule has 84 valence electrons. The predicted octanol–water partition coefficient (Wildman–Crippen LogP) is 0.175. The third-order valence-corrected chi connectivity index (χ3v) is 2.63. The maximum absolute atomic E-state index is 11.7. The van der Waals surface area contributed by atoms with Gasteiger partial charge in [-0.3, -0.25) is 13.9 Å². The Labute approximate surface area is 88.1 Å². The van der Waals surface area contributed by atoms with Gasteiger partial charge >= 0.3 is 5.69 Å². The maximum atomic E-state index is 11.7. The van der Waals surface area contributed by atoms with Crippen LogP contribution in [0.5, 0.6) is 0 Å². The van der Waals surface area contributed by atoms with Crippen LogP contribution in [0.3, 0.4) is 0 Å². The number of nitrogens with zero attached hydrogens (tertiary/aromatic N) is 2. The second-order valence-corrected chi connectivity index (χ2v) is 3.87. The molecule has 0 fully saturated rings. The van der Waals surface area contributed by atoms with E-state index in [4.69, 9.17) is 5.73 Å². The van der Waals surface area contributed by atoms with Crippen molar-refractivity contribution in [1.82, 2.24) is 9.13 Å². The molecule has 0 aliphatic rings. The van der Waals surface area contributed by atoms with E-state index in [9.17, 15) is 9.59 Å². The molecule has 0 radical (unpaired) electrons. The van der Waals surface area contributed by atoms with Gasteiger partial charge in [-0.25, -0.2) is 4.79 Å². The fourth-order valence-electron chi connectivity index (χ4n) is 1.30. The van der Waals surface area contributed by atoms with Crippen LogP contribution in [0.2, 0.25) is 0 Å². The Morgan fingerprint density at radius 3 is 2.60 bits per heavy atom. The van der Waals surface area contributed by atoms with Crippen molar-refractivity contribution in [2.75, 3.05) is 5.73 Å². The number of rotatable bonds is 3. The lowest BCUT2D eigenvalue weighted by Crippen LogP contribution is -2.40. The first-order valence-electron chi connectivity index (χ1n) is 5.03. The van der Waals surface area contributed by atoms with Crippen LogP contribution in [0.4, 0.5) is 5.82 Å². The fourth-order valence-corrected chi connectivity index (χ4v) is 1.30. The molecular formula is C10H17N3O2. The molecule has 1 unspecified atom stereocenters. The molecule has 0 saturated heterocycles. The number of hydrogen-bond acceptors (Lipinski definition) is 3. The van der Waals surface area contributed by atoms with E-state index in [1.165, 1.54) is 15.2 Å². The molecule has 1 atom stereocenters. The molecule has 5 heteroatoms. The summed E-state index contributed by atoms with van der Waals surface area (Å²) in [4.78, 5) is 23.2. The lowest BCUT2D eigenvalue weighted by atomic mass is 10.1. The van der Waals surface area contributed by atoms with Crippen LogP contribution >= 0.6 is 0 Å². The molecule has 15 heavy (non-hydrogen) atoms. The van der Waals surface area contributed by atoms with Crippen LogP contribution < -0.4 is 17.0 Å². The minimum absolute atomic E-state index is 0.199. The summed E-state index contributed by atoms with van der Waals surface area (Å²) in [5, 5.41) is 0. The summed E-state index contributed by atoms with van der Waals surface area (Å²) in [6, 6.07) is 1.28. The molecule has 0 aliphatic carbocycles. The first-order valence-corrected chi connectivity index (χ1v) is 5.03. The second-order valence-electron chi connectivity index (χ2n) is 3.87. The van der Waals surface area contributed by atoms with Gasteiger partial charge in [-0.1, -0.05) is 20.3 Å². The highest BCUT2D eigenvalue weighted by molar-refractivity contribution is 5.25. The number of aromatic nitrogens is 2. The zero-order valence-electron chi connectivity index (χ0n) is 9.36. The van der Waals surface area contributed by atoms with E-state index in [1.807, 2.05) is 13.8 Å². The predicted molar refractivity (Wildman–Crippen MR) is 59.8 cm³/mol. The standard InChI is InChI=1S/C10H17N3O2/c1-4-7(2)6-13-9(14)5-8(11)12(3)10(13)15/h5,7H,4,6,11H2,1-3H3. The Morgan fingerprint density at radius 2 is 2.07 bits per heavy atom. The van der Waals surface area contributed by atoms with Gasteiger partial charge in [0.1, 0.15) is 5.82 Å².